The third-order valence-electron chi connectivity index (χ3n) is 7.47. The molecule has 202 valence electrons. The van der Waals surface area contributed by atoms with E-state index < -0.39 is 0 Å². The number of halogens is 2. The Bertz CT molecular complexity index is 1520. The van der Waals surface area contributed by atoms with Gasteiger partial charge in [0.25, 0.3) is 0 Å². The predicted octanol–water partition coefficient (Wildman–Crippen LogP) is 11.8. The van der Waals surface area contributed by atoms with E-state index in [9.17, 15) is 0 Å². The van der Waals surface area contributed by atoms with Crippen LogP contribution in [0, 0.1) is 5.92 Å². The molecule has 0 aliphatic carbocycles. The first kappa shape index (κ1) is 28.1. The Balaban J connectivity index is 1.55. The molecule has 0 aliphatic rings. The Kier molecular flexibility index (Phi) is 9.50. The Morgan fingerprint density at radius 3 is 2.24 bits per heavy atom. The molecule has 5 rings (SSSR count). The van der Waals surface area contributed by atoms with Crippen molar-refractivity contribution in [3.63, 3.8) is 0 Å². The lowest BCUT2D eigenvalue weighted by molar-refractivity contribution is 0.233. The number of imidazole rings is 1. The van der Waals surface area contributed by atoms with Gasteiger partial charge in [0.1, 0.15) is 17.1 Å². The third kappa shape index (κ3) is 5.86. The standard InChI is InChI=1S/C31H36Br2N2OS2/c1-4-7-9-10-16-35-28-27(29-23(17-25(32)37-29)24-18-26(33)38-30(24)28)34-31(35)21-12-14-22(15-13-21)36-19-20(6-3)11-8-5-2/h12-15,17-18,20H,4-11,16,19H2,1-3H3. The van der Waals surface area contributed by atoms with Crippen molar-refractivity contribution in [1.82, 2.24) is 9.55 Å². The van der Waals surface area contributed by atoms with E-state index in [2.05, 4.69) is 93.6 Å². The smallest absolute Gasteiger partial charge is 0.141 e. The van der Waals surface area contributed by atoms with Crippen molar-refractivity contribution in [2.24, 2.45) is 5.92 Å². The molecule has 0 bridgehead atoms. The van der Waals surface area contributed by atoms with E-state index in [4.69, 9.17) is 9.72 Å². The summed E-state index contributed by atoms with van der Waals surface area (Å²) in [7, 11) is 0. The van der Waals surface area contributed by atoms with Crippen LogP contribution in [0.4, 0.5) is 0 Å². The van der Waals surface area contributed by atoms with E-state index in [0.717, 1.165) is 49.8 Å². The van der Waals surface area contributed by atoms with Crippen molar-refractivity contribution in [2.45, 2.75) is 78.7 Å². The van der Waals surface area contributed by atoms with Gasteiger partial charge in [-0.15, -0.1) is 22.7 Å². The van der Waals surface area contributed by atoms with Gasteiger partial charge in [0.05, 0.1) is 29.1 Å². The molecule has 0 radical (unpaired) electrons. The number of nitrogens with zero attached hydrogens (tertiary/aromatic N) is 2. The maximum Gasteiger partial charge on any atom is 0.141 e. The summed E-state index contributed by atoms with van der Waals surface area (Å²) in [4.78, 5) is 5.34. The van der Waals surface area contributed by atoms with E-state index in [0.29, 0.717) is 5.92 Å². The summed E-state index contributed by atoms with van der Waals surface area (Å²) in [5.41, 5.74) is 3.53. The van der Waals surface area contributed by atoms with Gasteiger partial charge in [-0.05, 0) is 87.0 Å². The average molecular weight is 677 g/mol. The number of aryl methyl sites for hydroxylation is 1. The summed E-state index contributed by atoms with van der Waals surface area (Å²) >= 11 is 11.1. The number of ether oxygens (including phenoxy) is 1. The van der Waals surface area contributed by atoms with Crippen LogP contribution in [-0.4, -0.2) is 16.2 Å². The molecule has 0 spiro atoms. The Hall–Kier alpha value is -1.41. The summed E-state index contributed by atoms with van der Waals surface area (Å²) in [5, 5.41) is 2.59. The second kappa shape index (κ2) is 12.8. The van der Waals surface area contributed by atoms with Crippen LogP contribution in [0.25, 0.3) is 42.6 Å². The van der Waals surface area contributed by atoms with Crippen molar-refractivity contribution in [3.05, 3.63) is 44.0 Å². The summed E-state index contributed by atoms with van der Waals surface area (Å²) in [6, 6.07) is 13.1. The van der Waals surface area contributed by atoms with E-state index in [1.807, 2.05) is 11.3 Å². The first-order chi connectivity index (χ1) is 18.5. The van der Waals surface area contributed by atoms with Crippen LogP contribution in [-0.2, 0) is 6.54 Å². The lowest BCUT2D eigenvalue weighted by Gasteiger charge is -2.16. The lowest BCUT2D eigenvalue weighted by atomic mass is 10.0. The summed E-state index contributed by atoms with van der Waals surface area (Å²) < 4.78 is 13.6. The van der Waals surface area contributed by atoms with Crippen LogP contribution in [0.15, 0.2) is 44.0 Å². The van der Waals surface area contributed by atoms with Crippen LogP contribution in [0.5, 0.6) is 5.75 Å². The number of unbranched alkanes of at least 4 members (excludes halogenated alkanes) is 4. The minimum Gasteiger partial charge on any atom is -0.493 e. The number of fused-ring (bicyclic) bond motifs is 6. The highest BCUT2D eigenvalue weighted by atomic mass is 79.9. The fourth-order valence-corrected chi connectivity index (χ4v) is 8.54. The van der Waals surface area contributed by atoms with Crippen LogP contribution >= 0.6 is 54.5 Å². The molecule has 0 aliphatic heterocycles. The van der Waals surface area contributed by atoms with Crippen LogP contribution < -0.4 is 4.74 Å². The minimum absolute atomic E-state index is 0.627. The molecule has 1 atom stereocenters. The van der Waals surface area contributed by atoms with Gasteiger partial charge in [0.2, 0.25) is 0 Å². The average Bonchev–Trinajstić information content (AvgIpc) is 3.61. The van der Waals surface area contributed by atoms with Crippen molar-refractivity contribution in [2.75, 3.05) is 6.61 Å². The van der Waals surface area contributed by atoms with Crippen molar-refractivity contribution < 1.29 is 4.74 Å². The second-order valence-electron chi connectivity index (χ2n) is 10.2. The van der Waals surface area contributed by atoms with Crippen molar-refractivity contribution in [3.8, 4) is 17.1 Å². The Morgan fingerprint density at radius 1 is 0.868 bits per heavy atom. The first-order valence-electron chi connectivity index (χ1n) is 14.0. The molecule has 0 saturated carbocycles. The Morgan fingerprint density at radius 2 is 1.55 bits per heavy atom. The molecular weight excluding hydrogens is 640 g/mol. The number of hydrogen-bond acceptors (Lipinski definition) is 4. The number of thiophene rings is 2. The quantitative estimate of drug-likeness (QED) is 0.116. The zero-order chi connectivity index (χ0) is 26.6. The molecule has 0 fully saturated rings. The van der Waals surface area contributed by atoms with E-state index in [-0.39, 0.29) is 0 Å². The number of aromatic nitrogens is 2. The molecule has 0 saturated heterocycles. The summed E-state index contributed by atoms with van der Waals surface area (Å²) in [6.07, 6.45) is 9.84. The SMILES string of the molecule is CCCCCCn1c(-c2ccc(OCC(CC)CCCC)cc2)nc2c3sc(Br)cc3c3cc(Br)sc3c21. The molecule has 3 aromatic heterocycles. The zero-order valence-electron chi connectivity index (χ0n) is 22.5. The number of hydrogen-bond donors (Lipinski definition) is 0. The van der Waals surface area contributed by atoms with E-state index in [1.165, 1.54) is 70.6 Å². The van der Waals surface area contributed by atoms with Gasteiger partial charge in [-0.2, -0.15) is 0 Å². The molecule has 0 amide bonds. The summed E-state index contributed by atoms with van der Waals surface area (Å²) in [5.74, 6) is 2.63. The number of rotatable bonds is 13. The van der Waals surface area contributed by atoms with Gasteiger partial charge >= 0.3 is 0 Å². The van der Waals surface area contributed by atoms with Crippen LogP contribution in [0.1, 0.15) is 72.1 Å². The largest absolute Gasteiger partial charge is 0.493 e. The fourth-order valence-electron chi connectivity index (χ4n) is 5.26. The molecule has 38 heavy (non-hydrogen) atoms. The highest BCUT2D eigenvalue weighted by Gasteiger charge is 2.22. The maximum absolute atomic E-state index is 6.21. The van der Waals surface area contributed by atoms with Gasteiger partial charge < -0.3 is 9.30 Å². The third-order valence-corrected chi connectivity index (χ3v) is 10.8. The van der Waals surface area contributed by atoms with Gasteiger partial charge in [-0.1, -0.05) is 59.3 Å². The molecule has 0 N–H and O–H groups in total. The molecule has 1 unspecified atom stereocenters. The Labute approximate surface area is 250 Å². The van der Waals surface area contributed by atoms with Crippen molar-refractivity contribution in [1.29, 1.82) is 0 Å². The topological polar surface area (TPSA) is 27.1 Å². The van der Waals surface area contributed by atoms with Gasteiger partial charge in [-0.3, -0.25) is 0 Å². The molecule has 2 aromatic carbocycles. The molecule has 5 aromatic rings. The molecular formula is C31H36Br2N2OS2. The van der Waals surface area contributed by atoms with Crippen molar-refractivity contribution >= 4 is 85.7 Å². The number of benzene rings is 2. The highest BCUT2D eigenvalue weighted by Crippen LogP contribution is 2.46. The fraction of sp³-hybridized carbons (Fsp3) is 0.452. The van der Waals surface area contributed by atoms with Gasteiger partial charge in [-0.25, -0.2) is 4.98 Å². The minimum atomic E-state index is 0.627. The van der Waals surface area contributed by atoms with Gasteiger partial charge in [0, 0.05) is 22.9 Å². The molecule has 3 heterocycles. The highest BCUT2D eigenvalue weighted by molar-refractivity contribution is 9.11. The second-order valence-corrected chi connectivity index (χ2v) is 15.0. The molecule has 7 heteroatoms. The van der Waals surface area contributed by atoms with Gasteiger partial charge in [0.15, 0.2) is 0 Å². The normalized spacial score (nSPS) is 12.8. The summed E-state index contributed by atoms with van der Waals surface area (Å²) in [6.45, 7) is 8.56. The monoisotopic (exact) mass is 674 g/mol. The predicted molar refractivity (Wildman–Crippen MR) is 174 cm³/mol. The van der Waals surface area contributed by atoms with Crippen LogP contribution in [0.2, 0.25) is 0 Å². The van der Waals surface area contributed by atoms with E-state index in [1.54, 1.807) is 11.3 Å². The lowest BCUT2D eigenvalue weighted by Crippen LogP contribution is -2.11. The van der Waals surface area contributed by atoms with Crippen LogP contribution in [0.3, 0.4) is 0 Å². The van der Waals surface area contributed by atoms with E-state index >= 15 is 0 Å². The first-order valence-corrected chi connectivity index (χ1v) is 17.2. The zero-order valence-corrected chi connectivity index (χ0v) is 27.3. The maximum atomic E-state index is 6.21. The molecule has 3 nitrogen and oxygen atoms in total.